The third kappa shape index (κ3) is 1.04. The number of aromatic amines is 1. The normalized spacial score (nSPS) is 10.8. The van der Waals surface area contributed by atoms with E-state index in [9.17, 15) is 9.18 Å². The van der Waals surface area contributed by atoms with Gasteiger partial charge in [0, 0.05) is 0 Å². The van der Waals surface area contributed by atoms with E-state index in [-0.39, 0.29) is 11.1 Å². The number of aromatic nitrogens is 1. The van der Waals surface area contributed by atoms with Gasteiger partial charge in [-0.1, -0.05) is 0 Å². The molecule has 0 bridgehead atoms. The SMILES string of the molecule is O=c1[nH]c2c(F)c(I)ccc2o1. The Morgan fingerprint density at radius 2 is 2.25 bits per heavy atom. The average Bonchev–Trinajstić information content (AvgIpc) is 2.39. The molecular formula is C7H3FINO2. The number of fused-ring (bicyclic) bond motifs is 1. The fraction of sp³-hybridized carbons (Fsp3) is 0. The van der Waals surface area contributed by atoms with Crippen LogP contribution in [0.4, 0.5) is 4.39 Å². The van der Waals surface area contributed by atoms with E-state index in [1.165, 1.54) is 0 Å². The molecule has 2 aromatic rings. The summed E-state index contributed by atoms with van der Waals surface area (Å²) < 4.78 is 18.3. The predicted octanol–water partition coefficient (Wildman–Crippen LogP) is 1.86. The van der Waals surface area contributed by atoms with Crippen molar-refractivity contribution in [3.05, 3.63) is 32.1 Å². The lowest BCUT2D eigenvalue weighted by molar-refractivity contribution is 0.555. The molecule has 0 amide bonds. The van der Waals surface area contributed by atoms with Crippen LogP contribution in [0.15, 0.2) is 21.3 Å². The smallest absolute Gasteiger partial charge is 0.408 e. The molecule has 1 aromatic carbocycles. The Morgan fingerprint density at radius 3 is 3.00 bits per heavy atom. The lowest BCUT2D eigenvalue weighted by Crippen LogP contribution is -1.94. The summed E-state index contributed by atoms with van der Waals surface area (Å²) >= 11 is 1.84. The van der Waals surface area contributed by atoms with Gasteiger partial charge >= 0.3 is 5.76 Å². The van der Waals surface area contributed by atoms with Crippen LogP contribution in [-0.4, -0.2) is 4.98 Å². The highest BCUT2D eigenvalue weighted by Gasteiger charge is 2.08. The number of hydrogen-bond donors (Lipinski definition) is 1. The van der Waals surface area contributed by atoms with Gasteiger partial charge in [-0.3, -0.25) is 4.98 Å². The zero-order valence-corrected chi connectivity index (χ0v) is 7.88. The number of oxazole rings is 1. The predicted molar refractivity (Wildman–Crippen MR) is 49.5 cm³/mol. The highest BCUT2D eigenvalue weighted by Crippen LogP contribution is 2.18. The topological polar surface area (TPSA) is 46.0 Å². The first-order chi connectivity index (χ1) is 5.68. The van der Waals surface area contributed by atoms with Gasteiger partial charge in [0.05, 0.1) is 3.57 Å². The van der Waals surface area contributed by atoms with Crippen molar-refractivity contribution in [2.45, 2.75) is 0 Å². The standard InChI is InChI=1S/C7H3FINO2/c8-5-3(9)1-2-4-6(5)10-7(11)12-4/h1-2H,(H,10,11). The number of benzene rings is 1. The molecule has 0 radical (unpaired) electrons. The Hall–Kier alpha value is -0.850. The van der Waals surface area contributed by atoms with Gasteiger partial charge in [-0.25, -0.2) is 9.18 Å². The van der Waals surface area contributed by atoms with Crippen LogP contribution in [0.5, 0.6) is 0 Å². The number of nitrogens with one attached hydrogen (secondary N) is 1. The molecule has 0 unspecified atom stereocenters. The third-order valence-corrected chi connectivity index (χ3v) is 2.32. The minimum absolute atomic E-state index is 0.131. The van der Waals surface area contributed by atoms with E-state index in [0.717, 1.165) is 0 Å². The first-order valence-electron chi connectivity index (χ1n) is 3.15. The molecule has 62 valence electrons. The summed E-state index contributed by atoms with van der Waals surface area (Å²) in [5, 5.41) is 0. The van der Waals surface area contributed by atoms with Crippen LogP contribution in [0.2, 0.25) is 0 Å². The first kappa shape index (κ1) is 7.78. The molecule has 0 fully saturated rings. The van der Waals surface area contributed by atoms with E-state index >= 15 is 0 Å². The minimum Gasteiger partial charge on any atom is -0.408 e. The molecule has 1 heterocycles. The average molecular weight is 279 g/mol. The van der Waals surface area contributed by atoms with Gasteiger partial charge < -0.3 is 4.42 Å². The summed E-state index contributed by atoms with van der Waals surface area (Å²) in [4.78, 5) is 12.9. The number of halogens is 2. The molecule has 0 aliphatic carbocycles. The molecule has 0 aliphatic rings. The van der Waals surface area contributed by atoms with Gasteiger partial charge in [-0.2, -0.15) is 0 Å². The van der Waals surface area contributed by atoms with Crippen molar-refractivity contribution in [1.82, 2.24) is 4.98 Å². The quantitative estimate of drug-likeness (QED) is 0.748. The minimum atomic E-state index is -0.633. The van der Waals surface area contributed by atoms with Crippen LogP contribution in [0.25, 0.3) is 11.1 Å². The van der Waals surface area contributed by atoms with E-state index in [0.29, 0.717) is 3.57 Å². The lowest BCUT2D eigenvalue weighted by Gasteiger charge is -1.91. The van der Waals surface area contributed by atoms with Crippen LogP contribution >= 0.6 is 22.6 Å². The molecular weight excluding hydrogens is 276 g/mol. The summed E-state index contributed by atoms with van der Waals surface area (Å²) in [5.74, 6) is -1.08. The molecule has 1 N–H and O–H groups in total. The van der Waals surface area contributed by atoms with Crippen molar-refractivity contribution in [1.29, 1.82) is 0 Å². The van der Waals surface area contributed by atoms with Crippen molar-refractivity contribution in [3.8, 4) is 0 Å². The van der Waals surface area contributed by atoms with Crippen molar-refractivity contribution in [2.24, 2.45) is 0 Å². The van der Waals surface area contributed by atoms with Crippen LogP contribution < -0.4 is 5.76 Å². The van der Waals surface area contributed by atoms with E-state index in [1.807, 2.05) is 22.6 Å². The monoisotopic (exact) mass is 279 g/mol. The van der Waals surface area contributed by atoms with Gasteiger partial charge in [0.25, 0.3) is 0 Å². The van der Waals surface area contributed by atoms with Crippen molar-refractivity contribution in [2.75, 3.05) is 0 Å². The maximum absolute atomic E-state index is 13.2. The van der Waals surface area contributed by atoms with Crippen LogP contribution in [0.3, 0.4) is 0 Å². The molecule has 0 saturated heterocycles. The van der Waals surface area contributed by atoms with Crippen molar-refractivity contribution < 1.29 is 8.81 Å². The van der Waals surface area contributed by atoms with Crippen molar-refractivity contribution >= 4 is 33.7 Å². The molecule has 5 heteroatoms. The second kappa shape index (κ2) is 2.58. The van der Waals surface area contributed by atoms with E-state index in [4.69, 9.17) is 0 Å². The molecule has 0 spiro atoms. The Kier molecular flexibility index (Phi) is 1.67. The maximum atomic E-state index is 13.2. The molecule has 0 aliphatic heterocycles. The van der Waals surface area contributed by atoms with Crippen LogP contribution in [0, 0.1) is 9.39 Å². The largest absolute Gasteiger partial charge is 0.417 e. The lowest BCUT2D eigenvalue weighted by atomic mass is 10.3. The number of rotatable bonds is 0. The zero-order valence-electron chi connectivity index (χ0n) is 5.73. The van der Waals surface area contributed by atoms with Gasteiger partial charge in [-0.05, 0) is 34.7 Å². The summed E-state index contributed by atoms with van der Waals surface area (Å²) in [6, 6.07) is 3.10. The van der Waals surface area contributed by atoms with Gasteiger partial charge in [0.15, 0.2) is 11.4 Å². The maximum Gasteiger partial charge on any atom is 0.417 e. The third-order valence-electron chi connectivity index (χ3n) is 1.49. The molecule has 0 atom stereocenters. The second-order valence-corrected chi connectivity index (χ2v) is 3.41. The molecule has 3 nitrogen and oxygen atoms in total. The molecule has 0 saturated carbocycles. The number of H-pyrrole nitrogens is 1. The summed E-state index contributed by atoms with van der Waals surface area (Å²) in [5.41, 5.74) is 0.379. The van der Waals surface area contributed by atoms with Gasteiger partial charge in [0.2, 0.25) is 0 Å². The Bertz CT molecular complexity index is 488. The van der Waals surface area contributed by atoms with Gasteiger partial charge in [0.1, 0.15) is 5.52 Å². The fourth-order valence-corrected chi connectivity index (χ4v) is 1.41. The van der Waals surface area contributed by atoms with E-state index < -0.39 is 11.6 Å². The molecule has 12 heavy (non-hydrogen) atoms. The Labute approximate surface area is 79.7 Å². The van der Waals surface area contributed by atoms with E-state index in [1.54, 1.807) is 12.1 Å². The molecule has 2 rings (SSSR count). The highest BCUT2D eigenvalue weighted by molar-refractivity contribution is 14.1. The number of hydrogen-bond acceptors (Lipinski definition) is 2. The van der Waals surface area contributed by atoms with Crippen molar-refractivity contribution in [3.63, 3.8) is 0 Å². The summed E-state index contributed by atoms with van der Waals surface area (Å²) in [7, 11) is 0. The Morgan fingerprint density at radius 1 is 1.50 bits per heavy atom. The van der Waals surface area contributed by atoms with E-state index in [2.05, 4.69) is 9.40 Å². The fourth-order valence-electron chi connectivity index (χ4n) is 0.962. The second-order valence-electron chi connectivity index (χ2n) is 2.25. The summed E-state index contributed by atoms with van der Waals surface area (Å²) in [6.45, 7) is 0. The highest BCUT2D eigenvalue weighted by atomic mass is 127. The summed E-state index contributed by atoms with van der Waals surface area (Å²) in [6.07, 6.45) is 0. The Balaban J connectivity index is 2.99. The van der Waals surface area contributed by atoms with Crippen LogP contribution in [0.1, 0.15) is 0 Å². The zero-order chi connectivity index (χ0) is 8.72. The first-order valence-corrected chi connectivity index (χ1v) is 4.23. The van der Waals surface area contributed by atoms with Crippen LogP contribution in [-0.2, 0) is 0 Å². The van der Waals surface area contributed by atoms with Gasteiger partial charge in [-0.15, -0.1) is 0 Å². The molecule has 1 aromatic heterocycles.